The first-order valence-electron chi connectivity index (χ1n) is 6.71. The van der Waals surface area contributed by atoms with E-state index in [2.05, 4.69) is 12.2 Å². The molecule has 0 spiro atoms. The second-order valence-corrected chi connectivity index (χ2v) is 5.43. The van der Waals surface area contributed by atoms with Gasteiger partial charge in [0.05, 0.1) is 5.56 Å². The van der Waals surface area contributed by atoms with E-state index in [-0.39, 0.29) is 5.91 Å². The number of nitrogens with one attached hydrogen (secondary N) is 1. The molecule has 0 aromatic heterocycles. The summed E-state index contributed by atoms with van der Waals surface area (Å²) in [6.45, 7) is 4.90. The largest absolute Gasteiger partial charge is 0.398 e. The third kappa shape index (κ3) is 2.35. The van der Waals surface area contributed by atoms with E-state index >= 15 is 0 Å². The molecule has 0 bridgehead atoms. The Morgan fingerprint density at radius 1 is 1.44 bits per heavy atom. The van der Waals surface area contributed by atoms with Crippen molar-refractivity contribution < 1.29 is 4.79 Å². The lowest BCUT2D eigenvalue weighted by atomic mass is 9.67. The fraction of sp³-hybridized carbons (Fsp3) is 0.533. The van der Waals surface area contributed by atoms with Crippen LogP contribution in [0.15, 0.2) is 18.2 Å². The molecule has 1 aromatic carbocycles. The summed E-state index contributed by atoms with van der Waals surface area (Å²) in [7, 11) is 0. The molecule has 1 fully saturated rings. The highest BCUT2D eigenvalue weighted by molar-refractivity contribution is 6.00. The quantitative estimate of drug-likeness (QED) is 0.803. The third-order valence-electron chi connectivity index (χ3n) is 4.32. The molecule has 1 aliphatic carbocycles. The fourth-order valence-corrected chi connectivity index (χ4v) is 2.69. The summed E-state index contributed by atoms with van der Waals surface area (Å²) in [5.41, 5.74) is 8.35. The molecule has 0 radical (unpaired) electrons. The van der Waals surface area contributed by atoms with Gasteiger partial charge in [-0.05, 0) is 43.2 Å². The van der Waals surface area contributed by atoms with Crippen LogP contribution in [0.1, 0.15) is 48.5 Å². The number of aryl methyl sites for hydroxylation is 1. The number of carbonyl (C=O) groups excluding carboxylic acids is 1. The van der Waals surface area contributed by atoms with Gasteiger partial charge in [0.25, 0.3) is 5.91 Å². The van der Waals surface area contributed by atoms with Gasteiger partial charge < -0.3 is 11.1 Å². The van der Waals surface area contributed by atoms with Crippen LogP contribution in [0.3, 0.4) is 0 Å². The van der Waals surface area contributed by atoms with Gasteiger partial charge in [0.1, 0.15) is 0 Å². The zero-order valence-corrected chi connectivity index (χ0v) is 11.3. The Bertz CT molecular complexity index is 424. The lowest BCUT2D eigenvalue weighted by molar-refractivity contribution is 0.0850. The maximum atomic E-state index is 12.2. The Balaban J connectivity index is 2.04. The summed E-state index contributed by atoms with van der Waals surface area (Å²) in [6.07, 6.45) is 4.88. The van der Waals surface area contributed by atoms with Crippen molar-refractivity contribution in [2.24, 2.45) is 5.41 Å². The minimum absolute atomic E-state index is 0.0367. The molecule has 0 unspecified atom stereocenters. The van der Waals surface area contributed by atoms with Crippen LogP contribution >= 0.6 is 0 Å². The standard InChI is InChI=1S/C15H22N2O/c1-3-15(8-5-9-15)10-17-14(18)13-11(2)6-4-7-12(13)16/h4,6-7H,3,5,8-10,16H2,1-2H3,(H,17,18). The molecule has 1 aliphatic rings. The van der Waals surface area contributed by atoms with Crippen molar-refractivity contribution in [2.45, 2.75) is 39.5 Å². The molecule has 0 atom stereocenters. The number of rotatable bonds is 4. The van der Waals surface area contributed by atoms with E-state index in [0.717, 1.165) is 18.5 Å². The van der Waals surface area contributed by atoms with E-state index in [9.17, 15) is 4.79 Å². The molecule has 0 heterocycles. The molecule has 1 saturated carbocycles. The van der Waals surface area contributed by atoms with Crippen LogP contribution in [0.5, 0.6) is 0 Å². The fourth-order valence-electron chi connectivity index (χ4n) is 2.69. The van der Waals surface area contributed by atoms with E-state index in [4.69, 9.17) is 5.73 Å². The normalized spacial score (nSPS) is 17.0. The van der Waals surface area contributed by atoms with Gasteiger partial charge >= 0.3 is 0 Å². The summed E-state index contributed by atoms with van der Waals surface area (Å²) < 4.78 is 0. The molecule has 98 valence electrons. The van der Waals surface area contributed by atoms with Gasteiger partial charge in [0, 0.05) is 12.2 Å². The molecule has 3 nitrogen and oxygen atoms in total. The van der Waals surface area contributed by atoms with Crippen molar-refractivity contribution >= 4 is 11.6 Å². The first-order chi connectivity index (χ1) is 8.58. The Hall–Kier alpha value is -1.51. The molecule has 1 aromatic rings. The van der Waals surface area contributed by atoms with Crippen LogP contribution in [0.4, 0.5) is 5.69 Å². The van der Waals surface area contributed by atoms with Gasteiger partial charge in [-0.2, -0.15) is 0 Å². The van der Waals surface area contributed by atoms with E-state index in [1.807, 2.05) is 19.1 Å². The van der Waals surface area contributed by atoms with Crippen molar-refractivity contribution in [1.29, 1.82) is 0 Å². The van der Waals surface area contributed by atoms with Crippen molar-refractivity contribution in [3.05, 3.63) is 29.3 Å². The van der Waals surface area contributed by atoms with Crippen molar-refractivity contribution in [3.8, 4) is 0 Å². The zero-order chi connectivity index (χ0) is 13.2. The number of benzene rings is 1. The number of anilines is 1. The van der Waals surface area contributed by atoms with Crippen LogP contribution in [-0.2, 0) is 0 Å². The lowest BCUT2D eigenvalue weighted by Gasteiger charge is -2.41. The molecular formula is C15H22N2O. The monoisotopic (exact) mass is 246 g/mol. The van der Waals surface area contributed by atoms with Gasteiger partial charge in [0.15, 0.2) is 0 Å². The molecule has 2 rings (SSSR count). The van der Waals surface area contributed by atoms with Crippen LogP contribution in [0, 0.1) is 12.3 Å². The third-order valence-corrected chi connectivity index (χ3v) is 4.32. The smallest absolute Gasteiger partial charge is 0.253 e. The van der Waals surface area contributed by atoms with E-state index in [1.165, 1.54) is 19.3 Å². The Kier molecular flexibility index (Phi) is 3.60. The van der Waals surface area contributed by atoms with Crippen LogP contribution in [0.25, 0.3) is 0 Å². The highest BCUT2D eigenvalue weighted by Crippen LogP contribution is 2.43. The zero-order valence-electron chi connectivity index (χ0n) is 11.3. The molecule has 0 saturated heterocycles. The number of hydrogen-bond acceptors (Lipinski definition) is 2. The number of amides is 1. The second-order valence-electron chi connectivity index (χ2n) is 5.43. The molecule has 0 aliphatic heterocycles. The molecule has 1 amide bonds. The SMILES string of the molecule is CCC1(CNC(=O)c2c(C)cccc2N)CCC1. The van der Waals surface area contributed by atoms with Crippen LogP contribution < -0.4 is 11.1 Å². The first-order valence-corrected chi connectivity index (χ1v) is 6.71. The minimum Gasteiger partial charge on any atom is -0.398 e. The molecule has 3 N–H and O–H groups in total. The predicted octanol–water partition coefficient (Wildman–Crippen LogP) is 2.89. The van der Waals surface area contributed by atoms with Gasteiger partial charge in [-0.15, -0.1) is 0 Å². The molecular weight excluding hydrogens is 224 g/mol. The van der Waals surface area contributed by atoms with E-state index in [0.29, 0.717) is 16.7 Å². The maximum absolute atomic E-state index is 12.2. The highest BCUT2D eigenvalue weighted by Gasteiger charge is 2.35. The van der Waals surface area contributed by atoms with Crippen molar-refractivity contribution in [3.63, 3.8) is 0 Å². The second kappa shape index (κ2) is 5.01. The summed E-state index contributed by atoms with van der Waals surface area (Å²) in [5.74, 6) is -0.0367. The first kappa shape index (κ1) is 12.9. The Labute approximate surface area is 109 Å². The summed E-state index contributed by atoms with van der Waals surface area (Å²) in [4.78, 5) is 12.2. The van der Waals surface area contributed by atoms with E-state index < -0.39 is 0 Å². The summed E-state index contributed by atoms with van der Waals surface area (Å²) in [5, 5.41) is 3.06. The van der Waals surface area contributed by atoms with E-state index in [1.54, 1.807) is 6.07 Å². The lowest BCUT2D eigenvalue weighted by Crippen LogP contribution is -2.42. The number of nitrogen functional groups attached to an aromatic ring is 1. The topological polar surface area (TPSA) is 55.1 Å². The number of carbonyl (C=O) groups is 1. The van der Waals surface area contributed by atoms with Gasteiger partial charge in [-0.3, -0.25) is 4.79 Å². The van der Waals surface area contributed by atoms with Crippen molar-refractivity contribution in [1.82, 2.24) is 5.32 Å². The van der Waals surface area contributed by atoms with Gasteiger partial charge in [-0.1, -0.05) is 25.5 Å². The van der Waals surface area contributed by atoms with Crippen molar-refractivity contribution in [2.75, 3.05) is 12.3 Å². The summed E-state index contributed by atoms with van der Waals surface area (Å²) in [6, 6.07) is 5.58. The predicted molar refractivity (Wildman–Crippen MR) is 74.5 cm³/mol. The van der Waals surface area contributed by atoms with Gasteiger partial charge in [-0.25, -0.2) is 0 Å². The van der Waals surface area contributed by atoms with Crippen LogP contribution in [0.2, 0.25) is 0 Å². The Morgan fingerprint density at radius 3 is 2.67 bits per heavy atom. The minimum atomic E-state index is -0.0367. The molecule has 18 heavy (non-hydrogen) atoms. The Morgan fingerprint density at radius 2 is 2.17 bits per heavy atom. The summed E-state index contributed by atoms with van der Waals surface area (Å²) >= 11 is 0. The highest BCUT2D eigenvalue weighted by atomic mass is 16.1. The van der Waals surface area contributed by atoms with Crippen LogP contribution in [-0.4, -0.2) is 12.5 Å². The number of hydrogen-bond donors (Lipinski definition) is 2. The average Bonchev–Trinajstić information content (AvgIpc) is 2.28. The van der Waals surface area contributed by atoms with Gasteiger partial charge in [0.2, 0.25) is 0 Å². The average molecular weight is 246 g/mol. The number of nitrogens with two attached hydrogens (primary N) is 1. The maximum Gasteiger partial charge on any atom is 0.253 e. The molecule has 3 heteroatoms.